The van der Waals surface area contributed by atoms with Crippen LogP contribution in [0, 0.1) is 0 Å². The van der Waals surface area contributed by atoms with Crippen LogP contribution < -0.4 is 5.56 Å². The summed E-state index contributed by atoms with van der Waals surface area (Å²) in [4.78, 5) is 21.5. The Morgan fingerprint density at radius 2 is 2.14 bits per heavy atom. The Morgan fingerprint density at radius 1 is 1.33 bits per heavy atom. The number of nitrogens with zero attached hydrogens (tertiary/aromatic N) is 4. The molecule has 3 rings (SSSR count). The van der Waals surface area contributed by atoms with Crippen molar-refractivity contribution in [1.82, 2.24) is 19.4 Å². The highest BCUT2D eigenvalue weighted by molar-refractivity contribution is 6.31. The SMILES string of the molecule is CN1CCN(C)[C@@H](Cn2cnc3ccc(Cl)cc3c2=O)C1. The van der Waals surface area contributed by atoms with Crippen molar-refractivity contribution in [3.63, 3.8) is 0 Å². The molecule has 1 saturated heterocycles. The number of hydrogen-bond donors (Lipinski definition) is 0. The van der Waals surface area contributed by atoms with E-state index in [-0.39, 0.29) is 5.56 Å². The van der Waals surface area contributed by atoms with Crippen molar-refractivity contribution in [3.8, 4) is 0 Å². The summed E-state index contributed by atoms with van der Waals surface area (Å²) in [6.07, 6.45) is 1.64. The van der Waals surface area contributed by atoms with Crippen LogP contribution in [0.5, 0.6) is 0 Å². The Labute approximate surface area is 128 Å². The number of piperazine rings is 1. The molecule has 112 valence electrons. The maximum absolute atomic E-state index is 12.6. The van der Waals surface area contributed by atoms with Crippen LogP contribution in [-0.4, -0.2) is 59.1 Å². The predicted octanol–water partition coefficient (Wildman–Crippen LogP) is 1.30. The zero-order valence-corrected chi connectivity index (χ0v) is 13.0. The third-order valence-electron chi connectivity index (χ3n) is 4.17. The summed E-state index contributed by atoms with van der Waals surface area (Å²) in [6, 6.07) is 5.55. The van der Waals surface area contributed by atoms with Crippen LogP contribution in [-0.2, 0) is 6.54 Å². The Bertz CT molecular complexity index is 714. The van der Waals surface area contributed by atoms with E-state index in [1.807, 2.05) is 0 Å². The first-order chi connectivity index (χ1) is 10.0. The Hall–Kier alpha value is -1.43. The summed E-state index contributed by atoms with van der Waals surface area (Å²) in [6.45, 7) is 3.68. The molecule has 0 N–H and O–H groups in total. The standard InChI is InChI=1S/C15H19ClN4O/c1-18-5-6-19(2)12(8-18)9-20-10-17-14-4-3-11(16)7-13(14)15(20)21/h3-4,7,10,12H,5-6,8-9H2,1-2H3/t12-/m1/s1. The van der Waals surface area contributed by atoms with E-state index in [2.05, 4.69) is 28.9 Å². The van der Waals surface area contributed by atoms with Gasteiger partial charge >= 0.3 is 0 Å². The van der Waals surface area contributed by atoms with Gasteiger partial charge in [0.15, 0.2) is 0 Å². The third kappa shape index (κ3) is 2.95. The smallest absolute Gasteiger partial charge is 0.261 e. The molecule has 1 atom stereocenters. The van der Waals surface area contributed by atoms with Crippen molar-refractivity contribution in [1.29, 1.82) is 0 Å². The maximum Gasteiger partial charge on any atom is 0.261 e. The average Bonchev–Trinajstić information content (AvgIpc) is 2.46. The fourth-order valence-corrected chi connectivity index (χ4v) is 2.96. The van der Waals surface area contributed by atoms with Crippen molar-refractivity contribution < 1.29 is 0 Å². The van der Waals surface area contributed by atoms with Crippen molar-refractivity contribution in [2.75, 3.05) is 33.7 Å². The molecule has 0 saturated carbocycles. The predicted molar refractivity (Wildman–Crippen MR) is 84.9 cm³/mol. The molecule has 2 aromatic rings. The molecule has 2 heterocycles. The van der Waals surface area contributed by atoms with Crippen LogP contribution >= 0.6 is 11.6 Å². The normalized spacial score (nSPS) is 21.0. The van der Waals surface area contributed by atoms with Gasteiger partial charge in [0.05, 0.1) is 17.2 Å². The van der Waals surface area contributed by atoms with Crippen molar-refractivity contribution in [2.24, 2.45) is 0 Å². The maximum atomic E-state index is 12.6. The quantitative estimate of drug-likeness (QED) is 0.838. The Balaban J connectivity index is 1.93. The van der Waals surface area contributed by atoms with Gasteiger partial charge in [-0.2, -0.15) is 0 Å². The molecule has 1 aliphatic rings. The van der Waals surface area contributed by atoms with Gasteiger partial charge in [0.2, 0.25) is 0 Å². The molecule has 1 aromatic heterocycles. The van der Waals surface area contributed by atoms with E-state index in [1.165, 1.54) is 0 Å². The topological polar surface area (TPSA) is 41.4 Å². The van der Waals surface area contributed by atoms with Crippen molar-refractivity contribution in [3.05, 3.63) is 39.9 Å². The number of likely N-dealkylation sites (N-methyl/N-ethyl adjacent to an activating group) is 2. The summed E-state index contributed by atoms with van der Waals surface area (Å²) in [5.74, 6) is 0. The minimum absolute atomic E-state index is 0.0240. The summed E-state index contributed by atoms with van der Waals surface area (Å²) in [5, 5.41) is 1.14. The number of fused-ring (bicyclic) bond motifs is 1. The van der Waals surface area contributed by atoms with Gasteiger partial charge in [0.25, 0.3) is 5.56 Å². The fraction of sp³-hybridized carbons (Fsp3) is 0.467. The first kappa shape index (κ1) is 14.5. The minimum atomic E-state index is -0.0240. The van der Waals surface area contributed by atoms with Crippen LogP contribution in [0.25, 0.3) is 10.9 Å². The second-order valence-electron chi connectivity index (χ2n) is 5.76. The van der Waals surface area contributed by atoms with E-state index in [9.17, 15) is 4.79 Å². The van der Waals surface area contributed by atoms with Gasteiger partial charge in [-0.1, -0.05) is 11.6 Å². The third-order valence-corrected chi connectivity index (χ3v) is 4.41. The Kier molecular flexibility index (Phi) is 3.97. The molecule has 5 nitrogen and oxygen atoms in total. The molecule has 1 aromatic carbocycles. The van der Waals surface area contributed by atoms with Crippen LogP contribution in [0.3, 0.4) is 0 Å². The molecule has 0 spiro atoms. The van der Waals surface area contributed by atoms with E-state index in [1.54, 1.807) is 29.1 Å². The van der Waals surface area contributed by atoms with E-state index >= 15 is 0 Å². The van der Waals surface area contributed by atoms with Crippen LogP contribution in [0.1, 0.15) is 0 Å². The molecule has 6 heteroatoms. The summed E-state index contributed by atoms with van der Waals surface area (Å²) >= 11 is 5.99. The molecule has 0 aliphatic carbocycles. The second-order valence-corrected chi connectivity index (χ2v) is 6.20. The average molecular weight is 307 g/mol. The highest BCUT2D eigenvalue weighted by Crippen LogP contribution is 2.14. The van der Waals surface area contributed by atoms with Gasteiger partial charge in [0, 0.05) is 37.2 Å². The molecular weight excluding hydrogens is 288 g/mol. The number of benzene rings is 1. The van der Waals surface area contributed by atoms with Gasteiger partial charge < -0.3 is 4.90 Å². The van der Waals surface area contributed by atoms with E-state index in [0.717, 1.165) is 19.6 Å². The van der Waals surface area contributed by atoms with E-state index in [0.29, 0.717) is 28.5 Å². The van der Waals surface area contributed by atoms with Crippen LogP contribution in [0.2, 0.25) is 5.02 Å². The van der Waals surface area contributed by atoms with E-state index in [4.69, 9.17) is 11.6 Å². The van der Waals surface area contributed by atoms with Crippen molar-refractivity contribution in [2.45, 2.75) is 12.6 Å². The molecule has 0 amide bonds. The van der Waals surface area contributed by atoms with Crippen LogP contribution in [0.15, 0.2) is 29.3 Å². The summed E-state index contributed by atoms with van der Waals surface area (Å²) in [7, 11) is 4.22. The van der Waals surface area contributed by atoms with Gasteiger partial charge in [-0.25, -0.2) is 4.98 Å². The first-order valence-electron chi connectivity index (χ1n) is 7.08. The van der Waals surface area contributed by atoms with Gasteiger partial charge in [-0.15, -0.1) is 0 Å². The van der Waals surface area contributed by atoms with Gasteiger partial charge in [-0.3, -0.25) is 14.3 Å². The van der Waals surface area contributed by atoms with Gasteiger partial charge in [-0.05, 0) is 32.3 Å². The number of halogens is 1. The number of aromatic nitrogens is 2. The zero-order chi connectivity index (χ0) is 15.0. The van der Waals surface area contributed by atoms with E-state index < -0.39 is 0 Å². The highest BCUT2D eigenvalue weighted by Gasteiger charge is 2.23. The lowest BCUT2D eigenvalue weighted by molar-refractivity contribution is 0.102. The number of rotatable bonds is 2. The molecular formula is C15H19ClN4O. The molecule has 1 fully saturated rings. The van der Waals surface area contributed by atoms with Gasteiger partial charge in [0.1, 0.15) is 0 Å². The molecule has 0 radical (unpaired) electrons. The largest absolute Gasteiger partial charge is 0.303 e. The van der Waals surface area contributed by atoms with Crippen molar-refractivity contribution >= 4 is 22.5 Å². The molecule has 1 aliphatic heterocycles. The molecule has 0 unspecified atom stereocenters. The second kappa shape index (κ2) is 5.75. The monoisotopic (exact) mass is 306 g/mol. The fourth-order valence-electron chi connectivity index (χ4n) is 2.79. The zero-order valence-electron chi connectivity index (χ0n) is 12.3. The molecule has 0 bridgehead atoms. The molecule has 21 heavy (non-hydrogen) atoms. The summed E-state index contributed by atoms with van der Waals surface area (Å²) < 4.78 is 1.69. The Morgan fingerprint density at radius 3 is 2.95 bits per heavy atom. The number of hydrogen-bond acceptors (Lipinski definition) is 4. The first-order valence-corrected chi connectivity index (χ1v) is 7.46. The lowest BCUT2D eigenvalue weighted by Crippen LogP contribution is -2.52. The van der Waals surface area contributed by atoms with Crippen LogP contribution in [0.4, 0.5) is 0 Å². The highest BCUT2D eigenvalue weighted by atomic mass is 35.5. The summed E-state index contributed by atoms with van der Waals surface area (Å²) in [5.41, 5.74) is 0.666. The lowest BCUT2D eigenvalue weighted by atomic mass is 10.2. The lowest BCUT2D eigenvalue weighted by Gasteiger charge is -2.37. The minimum Gasteiger partial charge on any atom is -0.303 e.